The second kappa shape index (κ2) is 8.71. The van der Waals surface area contributed by atoms with Crippen LogP contribution in [0, 0.1) is 6.92 Å². The van der Waals surface area contributed by atoms with E-state index in [1.54, 1.807) is 43.3 Å². The summed E-state index contributed by atoms with van der Waals surface area (Å²) in [6.07, 6.45) is -4.76. The Morgan fingerprint density at radius 1 is 0.909 bits per heavy atom. The number of fused-ring (bicyclic) bond motifs is 1. The SMILES string of the molecule is COc1cc2[nH]c(C)c(-c3ccc(Oc4ccc(OC(F)(F)F)cc4)cc3)c(=O)c2cc1Cl. The first-order valence-electron chi connectivity index (χ1n) is 9.69. The highest BCUT2D eigenvalue weighted by molar-refractivity contribution is 6.32. The van der Waals surface area contributed by atoms with Gasteiger partial charge in [-0.3, -0.25) is 4.79 Å². The summed E-state index contributed by atoms with van der Waals surface area (Å²) in [5.74, 6) is 0.909. The van der Waals surface area contributed by atoms with Crippen molar-refractivity contribution in [2.75, 3.05) is 7.11 Å². The van der Waals surface area contributed by atoms with Gasteiger partial charge in [0, 0.05) is 22.7 Å². The van der Waals surface area contributed by atoms with Gasteiger partial charge in [-0.1, -0.05) is 23.7 Å². The zero-order valence-electron chi connectivity index (χ0n) is 17.4. The maximum Gasteiger partial charge on any atom is 0.573 e. The lowest BCUT2D eigenvalue weighted by Crippen LogP contribution is -2.16. The van der Waals surface area contributed by atoms with Crippen LogP contribution in [0.15, 0.2) is 65.5 Å². The molecule has 4 aromatic rings. The highest BCUT2D eigenvalue weighted by Crippen LogP contribution is 2.31. The molecule has 0 atom stereocenters. The van der Waals surface area contributed by atoms with Crippen LogP contribution in [0.1, 0.15) is 5.69 Å². The monoisotopic (exact) mass is 475 g/mol. The molecule has 4 rings (SSSR count). The van der Waals surface area contributed by atoms with Crippen LogP contribution in [0.25, 0.3) is 22.0 Å². The predicted molar refractivity (Wildman–Crippen MR) is 120 cm³/mol. The van der Waals surface area contributed by atoms with E-state index in [1.807, 2.05) is 0 Å². The first kappa shape index (κ1) is 22.5. The second-order valence-corrected chi connectivity index (χ2v) is 7.54. The summed E-state index contributed by atoms with van der Waals surface area (Å²) in [6.45, 7) is 1.80. The van der Waals surface area contributed by atoms with Crippen LogP contribution in [0.4, 0.5) is 13.2 Å². The molecule has 5 nitrogen and oxygen atoms in total. The zero-order chi connectivity index (χ0) is 23.8. The number of hydrogen-bond donors (Lipinski definition) is 1. The Labute approximate surface area is 191 Å². The quantitative estimate of drug-likeness (QED) is 0.342. The van der Waals surface area contributed by atoms with Gasteiger partial charge in [-0.15, -0.1) is 13.2 Å². The molecule has 0 aliphatic heterocycles. The molecule has 0 radical (unpaired) electrons. The summed E-state index contributed by atoms with van der Waals surface area (Å²) >= 11 is 6.19. The van der Waals surface area contributed by atoms with Gasteiger partial charge >= 0.3 is 6.36 Å². The largest absolute Gasteiger partial charge is 0.573 e. The minimum absolute atomic E-state index is 0.181. The summed E-state index contributed by atoms with van der Waals surface area (Å²) in [5.41, 5.74) is 2.26. The molecule has 170 valence electrons. The van der Waals surface area contributed by atoms with Crippen LogP contribution in [-0.4, -0.2) is 18.5 Å². The van der Waals surface area contributed by atoms with Crippen LogP contribution in [0.5, 0.6) is 23.0 Å². The summed E-state index contributed by atoms with van der Waals surface area (Å²) in [5, 5.41) is 0.767. The molecule has 9 heteroatoms. The number of pyridine rings is 1. The number of halogens is 4. The van der Waals surface area contributed by atoms with Gasteiger partial charge in [0.25, 0.3) is 0 Å². The van der Waals surface area contributed by atoms with Gasteiger partial charge in [0.2, 0.25) is 0 Å². The van der Waals surface area contributed by atoms with Crippen LogP contribution >= 0.6 is 11.6 Å². The van der Waals surface area contributed by atoms with Gasteiger partial charge in [0.05, 0.1) is 17.6 Å². The van der Waals surface area contributed by atoms with E-state index in [0.29, 0.717) is 50.0 Å². The Balaban J connectivity index is 1.60. The Kier molecular flexibility index (Phi) is 5.95. The van der Waals surface area contributed by atoms with Gasteiger partial charge in [-0.05, 0) is 55.0 Å². The van der Waals surface area contributed by atoms with Crippen molar-refractivity contribution in [2.45, 2.75) is 13.3 Å². The molecule has 0 aliphatic rings. The Hall–Kier alpha value is -3.65. The van der Waals surface area contributed by atoms with Crippen molar-refractivity contribution < 1.29 is 27.4 Å². The number of aromatic amines is 1. The highest BCUT2D eigenvalue weighted by atomic mass is 35.5. The van der Waals surface area contributed by atoms with Gasteiger partial charge in [0.15, 0.2) is 5.43 Å². The summed E-state index contributed by atoms with van der Waals surface area (Å²) in [4.78, 5) is 16.4. The minimum atomic E-state index is -4.76. The molecular weight excluding hydrogens is 459 g/mol. The topological polar surface area (TPSA) is 60.6 Å². The van der Waals surface area contributed by atoms with Gasteiger partial charge in [-0.25, -0.2) is 0 Å². The third-order valence-corrected chi connectivity index (χ3v) is 5.19. The molecule has 1 aromatic heterocycles. The molecule has 33 heavy (non-hydrogen) atoms. The fourth-order valence-corrected chi connectivity index (χ4v) is 3.69. The van der Waals surface area contributed by atoms with Crippen molar-refractivity contribution in [3.05, 3.63) is 81.6 Å². The molecule has 0 fully saturated rings. The number of ether oxygens (including phenoxy) is 3. The van der Waals surface area contributed by atoms with E-state index in [9.17, 15) is 18.0 Å². The fraction of sp³-hybridized carbons (Fsp3) is 0.125. The van der Waals surface area contributed by atoms with E-state index in [2.05, 4.69) is 9.72 Å². The molecule has 0 aliphatic carbocycles. The van der Waals surface area contributed by atoms with Gasteiger partial charge < -0.3 is 19.2 Å². The first-order chi connectivity index (χ1) is 15.6. The van der Waals surface area contributed by atoms with Crippen molar-refractivity contribution in [3.8, 4) is 34.1 Å². The van der Waals surface area contributed by atoms with Crippen LogP contribution < -0.4 is 19.6 Å². The van der Waals surface area contributed by atoms with E-state index in [0.717, 1.165) is 12.1 Å². The van der Waals surface area contributed by atoms with E-state index in [4.69, 9.17) is 21.1 Å². The summed E-state index contributed by atoms with van der Waals surface area (Å²) in [6, 6.07) is 15.1. The van der Waals surface area contributed by atoms with E-state index >= 15 is 0 Å². The number of benzene rings is 3. The molecule has 0 saturated carbocycles. The average molecular weight is 476 g/mol. The first-order valence-corrected chi connectivity index (χ1v) is 10.1. The molecule has 0 amide bonds. The van der Waals surface area contributed by atoms with E-state index in [-0.39, 0.29) is 11.2 Å². The third-order valence-electron chi connectivity index (χ3n) is 4.90. The number of methoxy groups -OCH3 is 1. The number of alkyl halides is 3. The molecule has 3 aromatic carbocycles. The number of H-pyrrole nitrogens is 1. The number of aromatic nitrogens is 1. The van der Waals surface area contributed by atoms with Crippen LogP contribution in [-0.2, 0) is 0 Å². The lowest BCUT2D eigenvalue weighted by molar-refractivity contribution is -0.274. The normalized spacial score (nSPS) is 11.5. The lowest BCUT2D eigenvalue weighted by atomic mass is 10.0. The van der Waals surface area contributed by atoms with Crippen LogP contribution in [0.3, 0.4) is 0 Å². The lowest BCUT2D eigenvalue weighted by Gasteiger charge is -2.12. The molecule has 0 unspecified atom stereocenters. The Morgan fingerprint density at radius 2 is 1.48 bits per heavy atom. The Morgan fingerprint density at radius 3 is 2.06 bits per heavy atom. The van der Waals surface area contributed by atoms with E-state index in [1.165, 1.54) is 19.2 Å². The number of hydrogen-bond acceptors (Lipinski definition) is 4. The number of aryl methyl sites for hydroxylation is 1. The second-order valence-electron chi connectivity index (χ2n) is 7.13. The molecule has 0 spiro atoms. The Bertz CT molecular complexity index is 1360. The summed E-state index contributed by atoms with van der Waals surface area (Å²) < 4.78 is 51.5. The highest BCUT2D eigenvalue weighted by Gasteiger charge is 2.31. The van der Waals surface area contributed by atoms with Crippen molar-refractivity contribution >= 4 is 22.5 Å². The molecule has 0 bridgehead atoms. The predicted octanol–water partition coefficient (Wildman–Crippen LogP) is 6.86. The van der Waals surface area contributed by atoms with Gasteiger partial charge in [0.1, 0.15) is 23.0 Å². The molecule has 1 heterocycles. The van der Waals surface area contributed by atoms with Crippen molar-refractivity contribution in [3.63, 3.8) is 0 Å². The molecular formula is C24H17ClF3NO4. The molecule has 1 N–H and O–H groups in total. The maximum absolute atomic E-state index is 13.2. The summed E-state index contributed by atoms with van der Waals surface area (Å²) in [7, 11) is 1.50. The van der Waals surface area contributed by atoms with Crippen molar-refractivity contribution in [2.24, 2.45) is 0 Å². The molecule has 0 saturated heterocycles. The standard InChI is InChI=1S/C24H17ClF3NO4/c1-13-22(23(30)18-11-19(25)21(31-2)12-20(18)29-13)14-3-5-15(6-4-14)32-16-7-9-17(10-8-16)33-24(26,27)28/h3-12H,1-2H3,(H,29,30). The minimum Gasteiger partial charge on any atom is -0.495 e. The zero-order valence-corrected chi connectivity index (χ0v) is 18.2. The number of nitrogens with one attached hydrogen (secondary N) is 1. The average Bonchev–Trinajstić information content (AvgIpc) is 2.75. The third kappa shape index (κ3) is 4.90. The van der Waals surface area contributed by atoms with E-state index < -0.39 is 6.36 Å². The van der Waals surface area contributed by atoms with Crippen molar-refractivity contribution in [1.82, 2.24) is 4.98 Å². The maximum atomic E-state index is 13.2. The fourth-order valence-electron chi connectivity index (χ4n) is 3.45. The smallest absolute Gasteiger partial charge is 0.495 e. The number of rotatable bonds is 5. The van der Waals surface area contributed by atoms with Crippen molar-refractivity contribution in [1.29, 1.82) is 0 Å². The van der Waals surface area contributed by atoms with Crippen LogP contribution in [0.2, 0.25) is 5.02 Å². The van der Waals surface area contributed by atoms with Gasteiger partial charge in [-0.2, -0.15) is 0 Å².